The Morgan fingerprint density at radius 2 is 2.29 bits per heavy atom. The standard InChI is InChI=1S/C13H16N6O2/c1-8-5-10-9(6-18(8)13(20)21)11-12-15-14-7-17(12)3-2-4-19(11)16-10/h7-8H,2-6H2,1H3,(H,20,21)/t8-/m1/s1. The van der Waals surface area contributed by atoms with Crippen LogP contribution in [0.15, 0.2) is 6.33 Å². The molecule has 8 nitrogen and oxygen atoms in total. The second kappa shape index (κ2) is 4.31. The van der Waals surface area contributed by atoms with E-state index >= 15 is 0 Å². The van der Waals surface area contributed by atoms with Gasteiger partial charge in [-0.3, -0.25) is 4.68 Å². The number of carbonyl (C=O) groups is 1. The molecular weight excluding hydrogens is 272 g/mol. The van der Waals surface area contributed by atoms with Gasteiger partial charge in [0.05, 0.1) is 12.2 Å². The van der Waals surface area contributed by atoms with Crippen molar-refractivity contribution in [2.45, 2.75) is 45.4 Å². The highest BCUT2D eigenvalue weighted by atomic mass is 16.4. The molecule has 0 saturated carbocycles. The van der Waals surface area contributed by atoms with Crippen LogP contribution in [-0.2, 0) is 26.1 Å². The van der Waals surface area contributed by atoms with Crippen molar-refractivity contribution in [1.29, 1.82) is 0 Å². The van der Waals surface area contributed by atoms with Crippen molar-refractivity contribution >= 4 is 6.09 Å². The Morgan fingerprint density at radius 3 is 3.10 bits per heavy atom. The molecule has 0 radical (unpaired) electrons. The van der Waals surface area contributed by atoms with Gasteiger partial charge in [0.1, 0.15) is 12.0 Å². The molecule has 2 aromatic heterocycles. The maximum atomic E-state index is 11.4. The minimum absolute atomic E-state index is 0.0491. The topological polar surface area (TPSA) is 89.1 Å². The van der Waals surface area contributed by atoms with Gasteiger partial charge >= 0.3 is 6.09 Å². The summed E-state index contributed by atoms with van der Waals surface area (Å²) in [5, 5.41) is 22.2. The zero-order valence-corrected chi connectivity index (χ0v) is 11.7. The van der Waals surface area contributed by atoms with Crippen LogP contribution in [0.5, 0.6) is 0 Å². The van der Waals surface area contributed by atoms with Crippen molar-refractivity contribution in [3.63, 3.8) is 0 Å². The van der Waals surface area contributed by atoms with Crippen molar-refractivity contribution in [3.8, 4) is 11.5 Å². The van der Waals surface area contributed by atoms with Crippen LogP contribution in [0, 0.1) is 0 Å². The third-order valence-corrected chi connectivity index (χ3v) is 4.32. The molecule has 0 unspecified atom stereocenters. The quantitative estimate of drug-likeness (QED) is 0.780. The van der Waals surface area contributed by atoms with Crippen LogP contribution in [0.2, 0.25) is 0 Å². The zero-order chi connectivity index (χ0) is 14.6. The van der Waals surface area contributed by atoms with Gasteiger partial charge in [0.25, 0.3) is 0 Å². The molecule has 0 aliphatic carbocycles. The highest BCUT2D eigenvalue weighted by Gasteiger charge is 2.34. The molecular formula is C13H16N6O2. The first-order valence-electron chi connectivity index (χ1n) is 7.11. The number of aromatic nitrogens is 5. The number of hydrogen-bond donors (Lipinski definition) is 1. The van der Waals surface area contributed by atoms with Gasteiger partial charge in [-0.2, -0.15) is 5.10 Å². The summed E-state index contributed by atoms with van der Waals surface area (Å²) in [6, 6.07) is -0.0491. The van der Waals surface area contributed by atoms with Gasteiger partial charge in [-0.05, 0) is 13.3 Å². The van der Waals surface area contributed by atoms with E-state index in [9.17, 15) is 9.90 Å². The minimum Gasteiger partial charge on any atom is -0.465 e. The monoisotopic (exact) mass is 288 g/mol. The molecule has 2 aliphatic rings. The lowest BCUT2D eigenvalue weighted by Crippen LogP contribution is -2.41. The predicted molar refractivity (Wildman–Crippen MR) is 72.6 cm³/mol. The molecule has 2 aromatic rings. The van der Waals surface area contributed by atoms with Crippen LogP contribution in [0.3, 0.4) is 0 Å². The summed E-state index contributed by atoms with van der Waals surface area (Å²) in [5.74, 6) is 0.793. The van der Waals surface area contributed by atoms with Gasteiger partial charge < -0.3 is 14.6 Å². The summed E-state index contributed by atoms with van der Waals surface area (Å²) in [7, 11) is 0. The Hall–Kier alpha value is -2.38. The van der Waals surface area contributed by atoms with Gasteiger partial charge in [-0.25, -0.2) is 4.79 Å². The van der Waals surface area contributed by atoms with Gasteiger partial charge in [0.15, 0.2) is 5.82 Å². The molecule has 21 heavy (non-hydrogen) atoms. The predicted octanol–water partition coefficient (Wildman–Crippen LogP) is 0.970. The van der Waals surface area contributed by atoms with Crippen molar-refractivity contribution in [2.24, 2.45) is 0 Å². The van der Waals surface area contributed by atoms with E-state index in [-0.39, 0.29) is 6.04 Å². The lowest BCUT2D eigenvalue weighted by Gasteiger charge is -2.30. The number of nitrogens with zero attached hydrogens (tertiary/aromatic N) is 6. The van der Waals surface area contributed by atoms with E-state index in [0.717, 1.165) is 42.3 Å². The molecule has 8 heteroatoms. The maximum absolute atomic E-state index is 11.4. The van der Waals surface area contributed by atoms with E-state index in [1.165, 1.54) is 4.90 Å². The van der Waals surface area contributed by atoms with Gasteiger partial charge in [-0.15, -0.1) is 10.2 Å². The number of amides is 1. The molecule has 110 valence electrons. The molecule has 2 aliphatic heterocycles. The van der Waals surface area contributed by atoms with E-state index < -0.39 is 6.09 Å². The first-order chi connectivity index (χ1) is 10.1. The van der Waals surface area contributed by atoms with E-state index in [0.29, 0.717) is 13.0 Å². The fraction of sp³-hybridized carbons (Fsp3) is 0.538. The number of aryl methyl sites for hydroxylation is 2. The molecule has 4 rings (SSSR count). The summed E-state index contributed by atoms with van der Waals surface area (Å²) in [6.45, 7) is 3.98. The third-order valence-electron chi connectivity index (χ3n) is 4.32. The van der Waals surface area contributed by atoms with Crippen LogP contribution >= 0.6 is 0 Å². The summed E-state index contributed by atoms with van der Waals surface area (Å²) < 4.78 is 3.99. The van der Waals surface area contributed by atoms with Crippen LogP contribution in [0.4, 0.5) is 4.79 Å². The lowest BCUT2D eigenvalue weighted by atomic mass is 10.00. The molecule has 1 amide bonds. The van der Waals surface area contributed by atoms with Crippen LogP contribution in [-0.4, -0.2) is 46.7 Å². The molecule has 0 fully saturated rings. The van der Waals surface area contributed by atoms with Crippen LogP contribution in [0.1, 0.15) is 24.6 Å². The average Bonchev–Trinajstić information content (AvgIpc) is 2.98. The largest absolute Gasteiger partial charge is 0.465 e. The maximum Gasteiger partial charge on any atom is 0.407 e. The fourth-order valence-electron chi connectivity index (χ4n) is 3.26. The summed E-state index contributed by atoms with van der Waals surface area (Å²) in [5.41, 5.74) is 2.90. The lowest BCUT2D eigenvalue weighted by molar-refractivity contribution is 0.119. The third kappa shape index (κ3) is 1.75. The Balaban J connectivity index is 1.87. The van der Waals surface area contributed by atoms with Gasteiger partial charge in [0, 0.05) is 31.1 Å². The second-order valence-electron chi connectivity index (χ2n) is 5.66. The summed E-state index contributed by atoms with van der Waals surface area (Å²) >= 11 is 0. The van der Waals surface area contributed by atoms with E-state index in [1.807, 2.05) is 16.2 Å². The average molecular weight is 288 g/mol. The first-order valence-corrected chi connectivity index (χ1v) is 7.11. The number of hydrogen-bond acceptors (Lipinski definition) is 4. The molecule has 1 atom stereocenters. The minimum atomic E-state index is -0.886. The number of carboxylic acid groups (broad SMARTS) is 1. The van der Waals surface area contributed by atoms with Crippen LogP contribution in [0.25, 0.3) is 11.5 Å². The van der Waals surface area contributed by atoms with Gasteiger partial charge in [-0.1, -0.05) is 0 Å². The van der Waals surface area contributed by atoms with Crippen molar-refractivity contribution in [3.05, 3.63) is 17.6 Å². The smallest absolute Gasteiger partial charge is 0.407 e. The molecule has 0 bridgehead atoms. The fourth-order valence-corrected chi connectivity index (χ4v) is 3.26. The number of rotatable bonds is 0. The molecule has 0 aromatic carbocycles. The first kappa shape index (κ1) is 12.4. The SMILES string of the molecule is C[C@@H]1Cc2nn3c(c2CN1C(=O)O)-c1nncn1CCC3. The Labute approximate surface area is 121 Å². The molecule has 4 heterocycles. The highest BCUT2D eigenvalue weighted by molar-refractivity contribution is 5.68. The van der Waals surface area contributed by atoms with Crippen molar-refractivity contribution < 1.29 is 9.90 Å². The Bertz CT molecular complexity index is 718. The highest BCUT2D eigenvalue weighted by Crippen LogP contribution is 2.33. The molecule has 0 spiro atoms. The van der Waals surface area contributed by atoms with E-state index in [4.69, 9.17) is 0 Å². The Kier molecular flexibility index (Phi) is 2.54. The summed E-state index contributed by atoms with van der Waals surface area (Å²) in [6.07, 6.45) is 2.46. The second-order valence-corrected chi connectivity index (χ2v) is 5.66. The summed E-state index contributed by atoms with van der Waals surface area (Å²) in [4.78, 5) is 12.9. The molecule has 1 N–H and O–H groups in total. The zero-order valence-electron chi connectivity index (χ0n) is 11.7. The van der Waals surface area contributed by atoms with Crippen molar-refractivity contribution in [2.75, 3.05) is 0 Å². The van der Waals surface area contributed by atoms with E-state index in [2.05, 4.69) is 15.3 Å². The van der Waals surface area contributed by atoms with Gasteiger partial charge in [0.2, 0.25) is 0 Å². The van der Waals surface area contributed by atoms with E-state index in [1.54, 1.807) is 6.33 Å². The molecule has 0 saturated heterocycles. The number of fused-ring (bicyclic) bond motifs is 5. The van der Waals surface area contributed by atoms with Crippen molar-refractivity contribution in [1.82, 2.24) is 29.4 Å². The normalized spacial score (nSPS) is 20.4. The van der Waals surface area contributed by atoms with Crippen LogP contribution < -0.4 is 0 Å². The Morgan fingerprint density at radius 1 is 1.43 bits per heavy atom.